The summed E-state index contributed by atoms with van der Waals surface area (Å²) in [6.45, 7) is 7.08. The summed E-state index contributed by atoms with van der Waals surface area (Å²) >= 11 is 0. The molecular weight excluding hydrogens is 302 g/mol. The summed E-state index contributed by atoms with van der Waals surface area (Å²) in [6, 6.07) is 13.7. The molecule has 1 aliphatic rings. The van der Waals surface area contributed by atoms with Gasteiger partial charge < -0.3 is 9.64 Å². The fourth-order valence-electron chi connectivity index (χ4n) is 2.73. The van der Waals surface area contributed by atoms with Crippen LogP contribution in [-0.4, -0.2) is 54.2 Å². The van der Waals surface area contributed by atoms with E-state index in [1.807, 2.05) is 37.3 Å². The Bertz CT molecular complexity index is 705. The average Bonchev–Trinajstić information content (AvgIpc) is 2.62. The third-order valence-corrected chi connectivity index (χ3v) is 4.03. The molecule has 0 unspecified atom stereocenters. The first-order chi connectivity index (χ1) is 11.7. The highest BCUT2D eigenvalue weighted by molar-refractivity contribution is 5.36. The van der Waals surface area contributed by atoms with Gasteiger partial charge in [-0.2, -0.15) is 5.26 Å². The van der Waals surface area contributed by atoms with Gasteiger partial charge in [-0.1, -0.05) is 18.2 Å². The number of aryl methyl sites for hydroxylation is 1. The van der Waals surface area contributed by atoms with Gasteiger partial charge in [0, 0.05) is 38.4 Å². The summed E-state index contributed by atoms with van der Waals surface area (Å²) in [5.41, 5.74) is 1.26. The standard InChI is InChI=1S/C18H21N5O/c1-15-13-16(14-19)21-18(20-15)23-9-7-22(8-10-23)11-12-24-17-5-3-2-4-6-17/h2-6,13H,7-12H2,1H3. The van der Waals surface area contributed by atoms with E-state index in [9.17, 15) is 0 Å². The normalized spacial score (nSPS) is 15.1. The Labute approximate surface area is 142 Å². The molecule has 3 rings (SSSR count). The van der Waals surface area contributed by atoms with Crippen molar-refractivity contribution in [1.82, 2.24) is 14.9 Å². The number of hydrogen-bond acceptors (Lipinski definition) is 6. The van der Waals surface area contributed by atoms with E-state index in [2.05, 4.69) is 25.8 Å². The maximum absolute atomic E-state index is 9.04. The number of aromatic nitrogens is 2. The molecule has 1 aliphatic heterocycles. The average molecular weight is 323 g/mol. The van der Waals surface area contributed by atoms with Crippen LogP contribution in [-0.2, 0) is 0 Å². The van der Waals surface area contributed by atoms with Crippen molar-refractivity contribution in [2.75, 3.05) is 44.2 Å². The first-order valence-electron chi connectivity index (χ1n) is 8.15. The van der Waals surface area contributed by atoms with Crippen molar-refractivity contribution in [2.45, 2.75) is 6.92 Å². The highest BCUT2D eigenvalue weighted by Gasteiger charge is 2.19. The minimum Gasteiger partial charge on any atom is -0.492 e. The van der Waals surface area contributed by atoms with Gasteiger partial charge in [-0.3, -0.25) is 4.90 Å². The topological polar surface area (TPSA) is 65.3 Å². The van der Waals surface area contributed by atoms with Crippen LogP contribution in [0.5, 0.6) is 5.75 Å². The molecule has 2 aromatic rings. The number of hydrogen-bond donors (Lipinski definition) is 0. The molecule has 2 heterocycles. The molecule has 1 saturated heterocycles. The quantitative estimate of drug-likeness (QED) is 0.837. The van der Waals surface area contributed by atoms with Gasteiger partial charge in [-0.05, 0) is 25.1 Å². The molecule has 0 atom stereocenters. The number of para-hydroxylation sites is 1. The van der Waals surface area contributed by atoms with Crippen LogP contribution in [0.3, 0.4) is 0 Å². The van der Waals surface area contributed by atoms with Crippen molar-refractivity contribution in [3.8, 4) is 11.8 Å². The molecule has 1 aromatic carbocycles. The lowest BCUT2D eigenvalue weighted by Crippen LogP contribution is -2.48. The molecule has 1 fully saturated rings. The number of piperazine rings is 1. The van der Waals surface area contributed by atoms with Gasteiger partial charge in [0.2, 0.25) is 5.95 Å². The number of rotatable bonds is 5. The van der Waals surface area contributed by atoms with Crippen molar-refractivity contribution in [1.29, 1.82) is 5.26 Å². The Kier molecular flexibility index (Phi) is 5.24. The zero-order chi connectivity index (χ0) is 16.8. The molecule has 124 valence electrons. The molecule has 0 N–H and O–H groups in total. The summed E-state index contributed by atoms with van der Waals surface area (Å²) in [5.74, 6) is 1.57. The fraction of sp³-hybridized carbons (Fsp3) is 0.389. The van der Waals surface area contributed by atoms with Crippen molar-refractivity contribution < 1.29 is 4.74 Å². The number of benzene rings is 1. The Morgan fingerprint density at radius 3 is 2.58 bits per heavy atom. The molecule has 1 aromatic heterocycles. The second kappa shape index (κ2) is 7.75. The monoisotopic (exact) mass is 323 g/mol. The Hall–Kier alpha value is -2.65. The van der Waals surface area contributed by atoms with Crippen LogP contribution in [0.2, 0.25) is 0 Å². The molecule has 6 heteroatoms. The van der Waals surface area contributed by atoms with E-state index in [4.69, 9.17) is 10.00 Å². The molecule has 0 radical (unpaired) electrons. The second-order valence-corrected chi connectivity index (χ2v) is 5.80. The first kappa shape index (κ1) is 16.2. The largest absolute Gasteiger partial charge is 0.492 e. The third-order valence-electron chi connectivity index (χ3n) is 4.03. The third kappa shape index (κ3) is 4.21. The smallest absolute Gasteiger partial charge is 0.226 e. The highest BCUT2D eigenvalue weighted by Crippen LogP contribution is 2.13. The molecule has 24 heavy (non-hydrogen) atoms. The van der Waals surface area contributed by atoms with Gasteiger partial charge in [0.25, 0.3) is 0 Å². The van der Waals surface area contributed by atoms with Gasteiger partial charge >= 0.3 is 0 Å². The van der Waals surface area contributed by atoms with E-state index in [-0.39, 0.29) is 0 Å². The van der Waals surface area contributed by atoms with E-state index in [0.29, 0.717) is 18.2 Å². The van der Waals surface area contributed by atoms with Crippen molar-refractivity contribution >= 4 is 5.95 Å². The number of anilines is 1. The van der Waals surface area contributed by atoms with Crippen LogP contribution >= 0.6 is 0 Å². The number of nitriles is 1. The lowest BCUT2D eigenvalue weighted by molar-refractivity contribution is 0.200. The Balaban J connectivity index is 1.47. The zero-order valence-electron chi connectivity index (χ0n) is 13.9. The molecule has 0 saturated carbocycles. The van der Waals surface area contributed by atoms with Crippen LogP contribution in [0.4, 0.5) is 5.95 Å². The van der Waals surface area contributed by atoms with Gasteiger partial charge in [0.05, 0.1) is 0 Å². The van der Waals surface area contributed by atoms with Crippen molar-refractivity contribution in [2.24, 2.45) is 0 Å². The van der Waals surface area contributed by atoms with E-state index < -0.39 is 0 Å². The molecule has 0 aliphatic carbocycles. The predicted octanol–water partition coefficient (Wildman–Crippen LogP) is 1.86. The lowest BCUT2D eigenvalue weighted by Gasteiger charge is -2.34. The minimum absolute atomic E-state index is 0.427. The second-order valence-electron chi connectivity index (χ2n) is 5.80. The molecule has 0 bridgehead atoms. The van der Waals surface area contributed by atoms with E-state index in [1.165, 1.54) is 0 Å². The number of ether oxygens (including phenoxy) is 1. The van der Waals surface area contributed by atoms with Crippen LogP contribution < -0.4 is 9.64 Å². The molecular formula is C18H21N5O. The summed E-state index contributed by atoms with van der Waals surface area (Å²) < 4.78 is 5.75. The molecule has 0 spiro atoms. The number of nitrogens with zero attached hydrogens (tertiary/aromatic N) is 5. The maximum Gasteiger partial charge on any atom is 0.226 e. The van der Waals surface area contributed by atoms with Crippen LogP contribution in [0.15, 0.2) is 36.4 Å². The maximum atomic E-state index is 9.04. The predicted molar refractivity (Wildman–Crippen MR) is 92.1 cm³/mol. The summed E-state index contributed by atoms with van der Waals surface area (Å²) in [5, 5.41) is 9.04. The highest BCUT2D eigenvalue weighted by atomic mass is 16.5. The van der Waals surface area contributed by atoms with Gasteiger partial charge in [-0.15, -0.1) is 0 Å². The SMILES string of the molecule is Cc1cc(C#N)nc(N2CCN(CCOc3ccccc3)CC2)n1. The van der Waals surface area contributed by atoms with Crippen LogP contribution in [0.25, 0.3) is 0 Å². The molecule has 0 amide bonds. The summed E-state index contributed by atoms with van der Waals surface area (Å²) in [7, 11) is 0. The van der Waals surface area contributed by atoms with Crippen molar-refractivity contribution in [3.05, 3.63) is 47.8 Å². The Morgan fingerprint density at radius 2 is 1.88 bits per heavy atom. The van der Waals surface area contributed by atoms with E-state index >= 15 is 0 Å². The van der Waals surface area contributed by atoms with E-state index in [1.54, 1.807) is 6.07 Å². The fourth-order valence-corrected chi connectivity index (χ4v) is 2.73. The Morgan fingerprint density at radius 1 is 1.12 bits per heavy atom. The van der Waals surface area contributed by atoms with Crippen LogP contribution in [0.1, 0.15) is 11.4 Å². The minimum atomic E-state index is 0.427. The molecule has 6 nitrogen and oxygen atoms in total. The van der Waals surface area contributed by atoms with E-state index in [0.717, 1.165) is 44.2 Å². The van der Waals surface area contributed by atoms with Gasteiger partial charge in [0.15, 0.2) is 0 Å². The lowest BCUT2D eigenvalue weighted by atomic mass is 10.3. The van der Waals surface area contributed by atoms with Crippen molar-refractivity contribution in [3.63, 3.8) is 0 Å². The summed E-state index contributed by atoms with van der Waals surface area (Å²) in [4.78, 5) is 13.3. The summed E-state index contributed by atoms with van der Waals surface area (Å²) in [6.07, 6.45) is 0. The van der Waals surface area contributed by atoms with Gasteiger partial charge in [-0.25, -0.2) is 9.97 Å². The van der Waals surface area contributed by atoms with Crippen LogP contribution in [0, 0.1) is 18.3 Å². The first-order valence-corrected chi connectivity index (χ1v) is 8.15. The zero-order valence-corrected chi connectivity index (χ0v) is 13.9. The van der Waals surface area contributed by atoms with Gasteiger partial charge in [0.1, 0.15) is 24.1 Å².